The molecule has 1 aromatic carbocycles. The minimum atomic E-state index is -0.810. The van der Waals surface area contributed by atoms with Gasteiger partial charge in [0, 0.05) is 23.0 Å². The summed E-state index contributed by atoms with van der Waals surface area (Å²) < 4.78 is 26.5. The zero-order chi connectivity index (χ0) is 13.3. The molecule has 1 fully saturated rings. The second-order valence-corrected chi connectivity index (χ2v) is 5.35. The Labute approximate surface area is 112 Å². The number of halogens is 3. The highest BCUT2D eigenvalue weighted by Gasteiger charge is 2.30. The largest absolute Gasteiger partial charge is 0.327 e. The van der Waals surface area contributed by atoms with Gasteiger partial charge in [-0.3, -0.25) is 4.79 Å². The third-order valence-corrected chi connectivity index (χ3v) is 3.55. The Morgan fingerprint density at radius 2 is 2.17 bits per heavy atom. The minimum absolute atomic E-state index is 0.0515. The number of amides is 1. The van der Waals surface area contributed by atoms with Gasteiger partial charge in [-0.1, -0.05) is 0 Å². The van der Waals surface area contributed by atoms with Crippen LogP contribution >= 0.6 is 15.9 Å². The lowest BCUT2D eigenvalue weighted by atomic mass is 10.1. The third-order valence-electron chi connectivity index (χ3n) is 2.92. The Morgan fingerprint density at radius 3 is 2.72 bits per heavy atom. The first-order valence-corrected chi connectivity index (χ1v) is 6.46. The molecule has 1 aromatic rings. The third kappa shape index (κ3) is 3.26. The Hall–Kier alpha value is -1.01. The van der Waals surface area contributed by atoms with E-state index in [9.17, 15) is 13.6 Å². The summed E-state index contributed by atoms with van der Waals surface area (Å²) in [6.45, 7) is 0. The summed E-state index contributed by atoms with van der Waals surface area (Å²) in [5, 5.41) is 2.41. The first-order valence-electron chi connectivity index (χ1n) is 5.67. The summed E-state index contributed by atoms with van der Waals surface area (Å²) in [6.07, 6.45) is 2.24. The van der Waals surface area contributed by atoms with E-state index in [1.807, 2.05) is 0 Å². The maximum Gasteiger partial charge on any atom is 0.226 e. The molecule has 1 amide bonds. The number of carbonyl (C=O) groups is 1. The summed E-state index contributed by atoms with van der Waals surface area (Å²) in [6, 6.07) is 1.63. The maximum atomic E-state index is 13.5. The van der Waals surface area contributed by atoms with Gasteiger partial charge in [0.2, 0.25) is 5.91 Å². The van der Waals surface area contributed by atoms with E-state index in [0.717, 1.165) is 25.0 Å². The van der Waals surface area contributed by atoms with E-state index in [2.05, 4.69) is 21.2 Å². The van der Waals surface area contributed by atoms with Gasteiger partial charge in [0.05, 0.1) is 5.69 Å². The minimum Gasteiger partial charge on any atom is -0.327 e. The fourth-order valence-electron chi connectivity index (χ4n) is 1.76. The summed E-state index contributed by atoms with van der Waals surface area (Å²) in [7, 11) is 0. The van der Waals surface area contributed by atoms with E-state index in [4.69, 9.17) is 5.73 Å². The predicted octanol–water partition coefficient (Wildman–Crippen LogP) is 2.79. The zero-order valence-electron chi connectivity index (χ0n) is 9.55. The lowest BCUT2D eigenvalue weighted by Gasteiger charge is -2.12. The van der Waals surface area contributed by atoms with Crippen molar-refractivity contribution in [1.29, 1.82) is 0 Å². The van der Waals surface area contributed by atoms with Crippen LogP contribution < -0.4 is 11.1 Å². The summed E-state index contributed by atoms with van der Waals surface area (Å²) in [4.78, 5) is 11.7. The maximum absolute atomic E-state index is 13.5. The highest BCUT2D eigenvalue weighted by Crippen LogP contribution is 2.33. The smallest absolute Gasteiger partial charge is 0.226 e. The highest BCUT2D eigenvalue weighted by molar-refractivity contribution is 9.10. The van der Waals surface area contributed by atoms with Crippen LogP contribution in [0.4, 0.5) is 14.5 Å². The van der Waals surface area contributed by atoms with Crippen LogP contribution in [-0.4, -0.2) is 11.9 Å². The van der Waals surface area contributed by atoms with Gasteiger partial charge in [-0.05, 0) is 40.8 Å². The van der Waals surface area contributed by atoms with E-state index in [1.165, 1.54) is 0 Å². The van der Waals surface area contributed by atoms with Crippen molar-refractivity contribution in [1.82, 2.24) is 0 Å². The molecule has 0 radical (unpaired) electrons. The van der Waals surface area contributed by atoms with Crippen molar-refractivity contribution in [2.45, 2.75) is 25.3 Å². The van der Waals surface area contributed by atoms with Crippen LogP contribution in [-0.2, 0) is 4.79 Å². The number of rotatable bonds is 4. The second-order valence-electron chi connectivity index (χ2n) is 4.50. The van der Waals surface area contributed by atoms with Crippen molar-refractivity contribution in [3.05, 3.63) is 28.2 Å². The quantitative estimate of drug-likeness (QED) is 0.897. The van der Waals surface area contributed by atoms with Gasteiger partial charge in [0.15, 0.2) is 5.82 Å². The molecular weight excluding hydrogens is 306 g/mol. The van der Waals surface area contributed by atoms with Crippen LogP contribution in [0, 0.1) is 17.6 Å². The monoisotopic (exact) mass is 318 g/mol. The van der Waals surface area contributed by atoms with E-state index in [0.29, 0.717) is 5.92 Å². The molecule has 98 valence electrons. The topological polar surface area (TPSA) is 55.1 Å². The summed E-state index contributed by atoms with van der Waals surface area (Å²) >= 11 is 3.01. The molecule has 3 nitrogen and oxygen atoms in total. The SMILES string of the molecule is NC(CC(=O)Nc1c(F)cc(F)cc1Br)C1CC1. The van der Waals surface area contributed by atoms with Gasteiger partial charge in [-0.15, -0.1) is 0 Å². The Balaban J connectivity index is 2.02. The summed E-state index contributed by atoms with van der Waals surface area (Å²) in [5.74, 6) is -1.47. The van der Waals surface area contributed by atoms with Crippen LogP contribution in [0.3, 0.4) is 0 Å². The van der Waals surface area contributed by atoms with Crippen LogP contribution in [0.5, 0.6) is 0 Å². The summed E-state index contributed by atoms with van der Waals surface area (Å²) in [5.41, 5.74) is 5.76. The first kappa shape index (κ1) is 13.4. The first-order chi connectivity index (χ1) is 8.47. The molecule has 0 spiro atoms. The molecule has 1 unspecified atom stereocenters. The van der Waals surface area contributed by atoms with Crippen molar-refractivity contribution in [2.24, 2.45) is 11.7 Å². The van der Waals surface area contributed by atoms with Crippen LogP contribution in [0.15, 0.2) is 16.6 Å². The molecule has 1 aliphatic carbocycles. The number of hydrogen-bond donors (Lipinski definition) is 2. The molecule has 3 N–H and O–H groups in total. The molecule has 1 saturated carbocycles. The average Bonchev–Trinajstić information content (AvgIpc) is 3.06. The van der Waals surface area contributed by atoms with Crippen molar-refractivity contribution >= 4 is 27.5 Å². The van der Waals surface area contributed by atoms with E-state index >= 15 is 0 Å². The van der Waals surface area contributed by atoms with Crippen molar-refractivity contribution < 1.29 is 13.6 Å². The molecule has 0 saturated heterocycles. The molecule has 2 rings (SSSR count). The zero-order valence-corrected chi connectivity index (χ0v) is 11.1. The Morgan fingerprint density at radius 1 is 1.50 bits per heavy atom. The highest BCUT2D eigenvalue weighted by atomic mass is 79.9. The average molecular weight is 319 g/mol. The van der Waals surface area contributed by atoms with E-state index in [-0.39, 0.29) is 28.5 Å². The van der Waals surface area contributed by atoms with Gasteiger partial charge in [-0.25, -0.2) is 8.78 Å². The van der Waals surface area contributed by atoms with Gasteiger partial charge >= 0.3 is 0 Å². The molecule has 0 aliphatic heterocycles. The van der Waals surface area contributed by atoms with Gasteiger partial charge in [0.25, 0.3) is 0 Å². The van der Waals surface area contributed by atoms with Crippen molar-refractivity contribution in [3.8, 4) is 0 Å². The molecule has 0 aromatic heterocycles. The molecule has 6 heteroatoms. The lowest BCUT2D eigenvalue weighted by Crippen LogP contribution is -2.29. The van der Waals surface area contributed by atoms with Crippen LogP contribution in [0.2, 0.25) is 0 Å². The fraction of sp³-hybridized carbons (Fsp3) is 0.417. The lowest BCUT2D eigenvalue weighted by molar-refractivity contribution is -0.116. The van der Waals surface area contributed by atoms with Crippen LogP contribution in [0.1, 0.15) is 19.3 Å². The van der Waals surface area contributed by atoms with E-state index in [1.54, 1.807) is 0 Å². The van der Waals surface area contributed by atoms with E-state index < -0.39 is 11.6 Å². The van der Waals surface area contributed by atoms with Gasteiger partial charge in [-0.2, -0.15) is 0 Å². The number of carbonyl (C=O) groups excluding carboxylic acids is 1. The number of nitrogens with one attached hydrogen (secondary N) is 1. The number of hydrogen-bond acceptors (Lipinski definition) is 2. The predicted molar refractivity (Wildman–Crippen MR) is 68.0 cm³/mol. The molecule has 18 heavy (non-hydrogen) atoms. The Bertz CT molecular complexity index is 454. The molecule has 1 aliphatic rings. The molecule has 0 heterocycles. The second kappa shape index (κ2) is 5.32. The van der Waals surface area contributed by atoms with Crippen molar-refractivity contribution in [2.75, 3.05) is 5.32 Å². The standard InChI is InChI=1S/C12H13BrF2N2O/c13-8-3-7(14)4-9(15)12(8)17-11(18)5-10(16)6-1-2-6/h3-4,6,10H,1-2,5,16H2,(H,17,18). The molecular formula is C12H13BrF2N2O. The number of benzene rings is 1. The normalized spacial score (nSPS) is 16.4. The Kier molecular flexibility index (Phi) is 3.97. The van der Waals surface area contributed by atoms with Crippen molar-refractivity contribution in [3.63, 3.8) is 0 Å². The number of anilines is 1. The van der Waals surface area contributed by atoms with Crippen LogP contribution in [0.25, 0.3) is 0 Å². The molecule has 1 atom stereocenters. The molecule has 0 bridgehead atoms. The van der Waals surface area contributed by atoms with Gasteiger partial charge in [0.1, 0.15) is 5.82 Å². The fourth-order valence-corrected chi connectivity index (χ4v) is 2.26. The number of nitrogens with two attached hydrogens (primary N) is 1. The van der Waals surface area contributed by atoms with Gasteiger partial charge < -0.3 is 11.1 Å².